The number of nitrogens with one attached hydrogen (secondary N) is 1. The number of furan rings is 1. The first kappa shape index (κ1) is 20.9. The van der Waals surface area contributed by atoms with E-state index in [0.717, 1.165) is 25.1 Å². The van der Waals surface area contributed by atoms with E-state index in [4.69, 9.17) is 13.7 Å². The van der Waals surface area contributed by atoms with Crippen molar-refractivity contribution >= 4 is 11.7 Å². The molecule has 1 saturated heterocycles. The number of likely N-dealkylation sites (tertiary alicyclic amines) is 1. The van der Waals surface area contributed by atoms with E-state index in [2.05, 4.69) is 25.3 Å². The first-order valence-electron chi connectivity index (χ1n) is 10.7. The Hall–Kier alpha value is -3.98. The van der Waals surface area contributed by atoms with Crippen molar-refractivity contribution in [3.05, 3.63) is 78.2 Å². The standard InChI is InChI=1S/C24H23N5O4/c1-31-18-9-6-16(7-10-18)23(30)26-21-11-8-17(14-25-21)22-27-24(33-28-22)20-5-2-12-29(20)15-19-4-3-13-32-19/h3-4,6-11,13-14,20H,2,5,12,15H2,1H3,(H,25,26,30). The maximum Gasteiger partial charge on any atom is 0.256 e. The Morgan fingerprint density at radius 3 is 2.82 bits per heavy atom. The van der Waals surface area contributed by atoms with Crippen LogP contribution in [0.1, 0.15) is 40.9 Å². The molecule has 5 rings (SSSR count). The van der Waals surface area contributed by atoms with Crippen LogP contribution in [0.5, 0.6) is 5.75 Å². The lowest BCUT2D eigenvalue weighted by atomic mass is 10.2. The molecule has 1 aromatic carbocycles. The van der Waals surface area contributed by atoms with Crippen LogP contribution in [0.4, 0.5) is 5.82 Å². The molecule has 1 aliphatic rings. The minimum absolute atomic E-state index is 0.0624. The maximum absolute atomic E-state index is 12.4. The molecule has 33 heavy (non-hydrogen) atoms. The summed E-state index contributed by atoms with van der Waals surface area (Å²) in [6.07, 6.45) is 5.32. The normalized spacial score (nSPS) is 16.1. The average molecular weight is 445 g/mol. The van der Waals surface area contributed by atoms with Crippen molar-refractivity contribution < 1.29 is 18.5 Å². The molecule has 1 aliphatic heterocycles. The summed E-state index contributed by atoms with van der Waals surface area (Å²) in [5.41, 5.74) is 1.23. The number of carbonyl (C=O) groups is 1. The number of methoxy groups -OCH3 is 1. The number of nitrogens with zero attached hydrogens (tertiary/aromatic N) is 4. The van der Waals surface area contributed by atoms with E-state index in [1.54, 1.807) is 56.0 Å². The molecule has 3 aromatic heterocycles. The Labute approximate surface area is 190 Å². The third-order valence-corrected chi connectivity index (χ3v) is 5.64. The highest BCUT2D eigenvalue weighted by Gasteiger charge is 2.31. The zero-order chi connectivity index (χ0) is 22.6. The van der Waals surface area contributed by atoms with Crippen molar-refractivity contribution in [3.8, 4) is 17.1 Å². The molecule has 1 amide bonds. The van der Waals surface area contributed by atoms with E-state index >= 15 is 0 Å². The highest BCUT2D eigenvalue weighted by Crippen LogP contribution is 2.33. The highest BCUT2D eigenvalue weighted by atomic mass is 16.5. The molecule has 0 spiro atoms. The second-order valence-corrected chi connectivity index (χ2v) is 7.78. The maximum atomic E-state index is 12.4. The number of amides is 1. The third-order valence-electron chi connectivity index (χ3n) is 5.64. The molecule has 4 heterocycles. The average Bonchev–Trinajstić information content (AvgIpc) is 3.62. The van der Waals surface area contributed by atoms with Gasteiger partial charge in [-0.05, 0) is 67.9 Å². The van der Waals surface area contributed by atoms with Crippen LogP contribution >= 0.6 is 0 Å². The fourth-order valence-electron chi connectivity index (χ4n) is 3.92. The van der Waals surface area contributed by atoms with Gasteiger partial charge < -0.3 is 19.0 Å². The monoisotopic (exact) mass is 445 g/mol. The number of hydrogen-bond donors (Lipinski definition) is 1. The summed E-state index contributed by atoms with van der Waals surface area (Å²) in [6.45, 7) is 1.66. The van der Waals surface area contributed by atoms with Gasteiger partial charge in [-0.3, -0.25) is 9.69 Å². The van der Waals surface area contributed by atoms with Crippen LogP contribution in [0.25, 0.3) is 11.4 Å². The lowest BCUT2D eigenvalue weighted by molar-refractivity contribution is 0.102. The molecule has 4 aromatic rings. The van der Waals surface area contributed by atoms with Gasteiger partial charge in [0.1, 0.15) is 17.3 Å². The largest absolute Gasteiger partial charge is 0.497 e. The number of benzene rings is 1. The topological polar surface area (TPSA) is 107 Å². The Kier molecular flexibility index (Phi) is 5.86. The van der Waals surface area contributed by atoms with E-state index in [-0.39, 0.29) is 11.9 Å². The molecule has 0 radical (unpaired) electrons. The zero-order valence-electron chi connectivity index (χ0n) is 18.1. The minimum atomic E-state index is -0.252. The number of carbonyl (C=O) groups excluding carboxylic acids is 1. The van der Waals surface area contributed by atoms with Crippen molar-refractivity contribution in [2.24, 2.45) is 0 Å². The predicted molar refractivity (Wildman–Crippen MR) is 120 cm³/mol. The van der Waals surface area contributed by atoms with Gasteiger partial charge in [-0.15, -0.1) is 0 Å². The molecule has 0 bridgehead atoms. The molecule has 0 saturated carbocycles. The van der Waals surface area contributed by atoms with E-state index in [0.29, 0.717) is 41.0 Å². The van der Waals surface area contributed by atoms with Gasteiger partial charge >= 0.3 is 0 Å². The van der Waals surface area contributed by atoms with Crippen LogP contribution in [0.2, 0.25) is 0 Å². The molecular weight excluding hydrogens is 422 g/mol. The van der Waals surface area contributed by atoms with Crippen molar-refractivity contribution in [1.82, 2.24) is 20.0 Å². The molecule has 168 valence electrons. The van der Waals surface area contributed by atoms with Gasteiger partial charge in [-0.1, -0.05) is 5.16 Å². The van der Waals surface area contributed by atoms with Gasteiger partial charge in [0.15, 0.2) is 0 Å². The minimum Gasteiger partial charge on any atom is -0.497 e. The number of ether oxygens (including phenoxy) is 1. The molecule has 1 fully saturated rings. The molecule has 9 heteroatoms. The van der Waals surface area contributed by atoms with Crippen LogP contribution < -0.4 is 10.1 Å². The summed E-state index contributed by atoms with van der Waals surface area (Å²) in [6, 6.07) is 14.3. The van der Waals surface area contributed by atoms with Crippen LogP contribution in [0.15, 0.2) is 69.9 Å². The highest BCUT2D eigenvalue weighted by molar-refractivity contribution is 6.03. The molecule has 9 nitrogen and oxygen atoms in total. The van der Waals surface area contributed by atoms with Crippen molar-refractivity contribution in [2.45, 2.75) is 25.4 Å². The number of anilines is 1. The van der Waals surface area contributed by atoms with Gasteiger partial charge in [0, 0.05) is 17.3 Å². The molecule has 0 aliphatic carbocycles. The van der Waals surface area contributed by atoms with Crippen LogP contribution in [-0.4, -0.2) is 39.6 Å². The molecular formula is C24H23N5O4. The Balaban J connectivity index is 1.24. The smallest absolute Gasteiger partial charge is 0.256 e. The van der Waals surface area contributed by atoms with E-state index in [1.165, 1.54) is 0 Å². The summed E-state index contributed by atoms with van der Waals surface area (Å²) >= 11 is 0. The zero-order valence-corrected chi connectivity index (χ0v) is 18.1. The van der Waals surface area contributed by atoms with E-state index in [1.807, 2.05) is 12.1 Å². The first-order valence-corrected chi connectivity index (χ1v) is 10.7. The number of aromatic nitrogens is 3. The summed E-state index contributed by atoms with van der Waals surface area (Å²) < 4.78 is 16.2. The summed E-state index contributed by atoms with van der Waals surface area (Å²) in [7, 11) is 1.58. The van der Waals surface area contributed by atoms with Crippen molar-refractivity contribution in [3.63, 3.8) is 0 Å². The number of pyridine rings is 1. The van der Waals surface area contributed by atoms with E-state index < -0.39 is 0 Å². The van der Waals surface area contributed by atoms with Gasteiger partial charge in [-0.2, -0.15) is 4.98 Å². The quantitative estimate of drug-likeness (QED) is 0.448. The lowest BCUT2D eigenvalue weighted by Crippen LogP contribution is -2.22. The number of hydrogen-bond acceptors (Lipinski definition) is 8. The van der Waals surface area contributed by atoms with E-state index in [9.17, 15) is 4.79 Å². The summed E-state index contributed by atoms with van der Waals surface area (Å²) in [4.78, 5) is 23.6. The molecule has 1 atom stereocenters. The Morgan fingerprint density at radius 2 is 2.09 bits per heavy atom. The Morgan fingerprint density at radius 1 is 1.21 bits per heavy atom. The fraction of sp³-hybridized carbons (Fsp3) is 0.250. The summed E-state index contributed by atoms with van der Waals surface area (Å²) in [5.74, 6) is 2.84. The van der Waals surface area contributed by atoms with Crippen LogP contribution in [0.3, 0.4) is 0 Å². The second kappa shape index (κ2) is 9.25. The van der Waals surface area contributed by atoms with Gasteiger partial charge in [0.05, 0.1) is 26.0 Å². The third kappa shape index (κ3) is 4.63. The second-order valence-electron chi connectivity index (χ2n) is 7.78. The number of rotatable bonds is 7. The van der Waals surface area contributed by atoms with Gasteiger partial charge in [-0.25, -0.2) is 4.98 Å². The fourth-order valence-corrected chi connectivity index (χ4v) is 3.92. The van der Waals surface area contributed by atoms with Crippen LogP contribution in [0, 0.1) is 0 Å². The first-order chi connectivity index (χ1) is 16.2. The predicted octanol–water partition coefficient (Wildman–Crippen LogP) is 4.32. The lowest BCUT2D eigenvalue weighted by Gasteiger charge is -2.19. The van der Waals surface area contributed by atoms with Gasteiger partial charge in [0.2, 0.25) is 11.7 Å². The molecule has 1 unspecified atom stereocenters. The SMILES string of the molecule is COc1ccc(C(=O)Nc2ccc(-c3noc(C4CCCN4Cc4ccco4)n3)cn2)cc1. The Bertz CT molecular complexity index is 1200. The van der Waals surface area contributed by atoms with Gasteiger partial charge in [0.25, 0.3) is 5.91 Å². The van der Waals surface area contributed by atoms with Crippen molar-refractivity contribution in [1.29, 1.82) is 0 Å². The van der Waals surface area contributed by atoms with Crippen molar-refractivity contribution in [2.75, 3.05) is 19.0 Å². The van der Waals surface area contributed by atoms with Crippen LogP contribution in [-0.2, 0) is 6.54 Å². The summed E-state index contributed by atoms with van der Waals surface area (Å²) in [5, 5.41) is 6.92. The molecule has 1 N–H and O–H groups in total.